The normalized spacial score (nSPS) is 10.7. The highest BCUT2D eigenvalue weighted by Crippen LogP contribution is 2.21. The van der Waals surface area contributed by atoms with Crippen LogP contribution in [0.25, 0.3) is 10.8 Å². The molecule has 2 amide bonds. The van der Waals surface area contributed by atoms with Crippen LogP contribution in [0.15, 0.2) is 60.7 Å². The summed E-state index contributed by atoms with van der Waals surface area (Å²) in [5.41, 5.74) is 8.98. The molecule has 3 aromatic rings. The number of carboxylic acid groups (broad SMARTS) is 1. The number of carbonyl (C=O) groups is 2. The zero-order valence-corrected chi connectivity index (χ0v) is 17.1. The fourth-order valence-electron chi connectivity index (χ4n) is 3.35. The summed E-state index contributed by atoms with van der Waals surface area (Å²) in [6, 6.07) is 18.7. The van der Waals surface area contributed by atoms with Gasteiger partial charge in [0.25, 0.3) is 5.91 Å². The van der Waals surface area contributed by atoms with Crippen molar-refractivity contribution in [3.63, 3.8) is 0 Å². The minimum absolute atomic E-state index is 0.147. The van der Waals surface area contributed by atoms with Crippen LogP contribution in [0.1, 0.15) is 41.3 Å². The molecule has 0 saturated heterocycles. The Morgan fingerprint density at radius 1 is 1.03 bits per heavy atom. The second-order valence-electron chi connectivity index (χ2n) is 7.34. The molecule has 0 aliphatic rings. The quantitative estimate of drug-likeness (QED) is 0.476. The third kappa shape index (κ3) is 5.29. The van der Waals surface area contributed by atoms with E-state index in [2.05, 4.69) is 5.32 Å². The van der Waals surface area contributed by atoms with Crippen molar-refractivity contribution in [1.29, 1.82) is 0 Å². The third-order valence-electron chi connectivity index (χ3n) is 5.05. The van der Waals surface area contributed by atoms with Gasteiger partial charge in [-0.15, -0.1) is 0 Å². The van der Waals surface area contributed by atoms with Gasteiger partial charge in [-0.1, -0.05) is 55.8 Å². The molecule has 6 nitrogen and oxygen atoms in total. The Labute approximate surface area is 176 Å². The van der Waals surface area contributed by atoms with Crippen molar-refractivity contribution < 1.29 is 14.7 Å². The molecule has 30 heavy (non-hydrogen) atoms. The van der Waals surface area contributed by atoms with E-state index < -0.39 is 6.09 Å². The molecule has 3 aromatic carbocycles. The van der Waals surface area contributed by atoms with Crippen LogP contribution in [0.3, 0.4) is 0 Å². The maximum Gasteiger partial charge on any atom is 0.407 e. The number of nitrogens with one attached hydrogen (secondary N) is 1. The Morgan fingerprint density at radius 2 is 1.77 bits per heavy atom. The van der Waals surface area contributed by atoms with Gasteiger partial charge in [0.15, 0.2) is 0 Å². The Morgan fingerprint density at radius 3 is 2.47 bits per heavy atom. The van der Waals surface area contributed by atoms with Crippen molar-refractivity contribution in [2.75, 3.05) is 12.3 Å². The molecule has 0 saturated carbocycles. The van der Waals surface area contributed by atoms with Crippen molar-refractivity contribution in [2.45, 2.75) is 32.9 Å². The Balaban J connectivity index is 1.62. The number of rotatable bonds is 8. The lowest BCUT2D eigenvalue weighted by Gasteiger charge is -2.19. The molecule has 3 rings (SSSR count). The molecule has 0 heterocycles. The van der Waals surface area contributed by atoms with E-state index in [4.69, 9.17) is 5.73 Å². The van der Waals surface area contributed by atoms with Crippen LogP contribution in [0, 0.1) is 0 Å². The van der Waals surface area contributed by atoms with Crippen LogP contribution in [0.2, 0.25) is 0 Å². The number of hydrogen-bond acceptors (Lipinski definition) is 3. The predicted octanol–water partition coefficient (Wildman–Crippen LogP) is 4.63. The first-order chi connectivity index (χ1) is 14.5. The molecule has 0 atom stereocenters. The molecule has 0 radical (unpaired) electrons. The summed E-state index contributed by atoms with van der Waals surface area (Å²) in [7, 11) is 0. The van der Waals surface area contributed by atoms with E-state index in [0.29, 0.717) is 30.9 Å². The fourth-order valence-corrected chi connectivity index (χ4v) is 3.35. The van der Waals surface area contributed by atoms with Crippen LogP contribution < -0.4 is 11.1 Å². The minimum atomic E-state index is -0.906. The molecule has 0 aliphatic carbocycles. The largest absolute Gasteiger partial charge is 0.465 e. The third-order valence-corrected chi connectivity index (χ3v) is 5.05. The summed E-state index contributed by atoms with van der Waals surface area (Å²) in [6.07, 6.45) is 0.889. The molecule has 156 valence electrons. The first kappa shape index (κ1) is 21.2. The van der Waals surface area contributed by atoms with Gasteiger partial charge in [0.05, 0.1) is 0 Å². The number of carbonyl (C=O) groups excluding carboxylic acids is 1. The lowest BCUT2D eigenvalue weighted by atomic mass is 10.0. The first-order valence-electron chi connectivity index (χ1n) is 10.1. The van der Waals surface area contributed by atoms with E-state index in [9.17, 15) is 14.7 Å². The van der Waals surface area contributed by atoms with Crippen LogP contribution in [0.5, 0.6) is 0 Å². The second-order valence-corrected chi connectivity index (χ2v) is 7.34. The molecule has 0 bridgehead atoms. The van der Waals surface area contributed by atoms with E-state index in [1.165, 1.54) is 4.90 Å². The van der Waals surface area contributed by atoms with E-state index >= 15 is 0 Å². The van der Waals surface area contributed by atoms with Crippen LogP contribution >= 0.6 is 0 Å². The van der Waals surface area contributed by atoms with Gasteiger partial charge in [-0.2, -0.15) is 0 Å². The lowest BCUT2D eigenvalue weighted by Crippen LogP contribution is -2.29. The van der Waals surface area contributed by atoms with Crippen molar-refractivity contribution in [1.82, 2.24) is 10.2 Å². The summed E-state index contributed by atoms with van der Waals surface area (Å²) < 4.78 is 0. The Hall–Kier alpha value is -3.54. The number of benzene rings is 3. The first-order valence-corrected chi connectivity index (χ1v) is 10.1. The van der Waals surface area contributed by atoms with Gasteiger partial charge in [0.1, 0.15) is 0 Å². The highest BCUT2D eigenvalue weighted by atomic mass is 16.4. The zero-order chi connectivity index (χ0) is 21.5. The Kier molecular flexibility index (Phi) is 6.91. The molecular formula is C24H27N3O3. The number of nitrogen functional groups attached to an aromatic ring is 1. The van der Waals surface area contributed by atoms with Gasteiger partial charge in [0, 0.05) is 30.9 Å². The average molecular weight is 405 g/mol. The molecular weight excluding hydrogens is 378 g/mol. The molecule has 6 heteroatoms. The van der Waals surface area contributed by atoms with Gasteiger partial charge >= 0.3 is 6.09 Å². The van der Waals surface area contributed by atoms with Gasteiger partial charge < -0.3 is 21.1 Å². The van der Waals surface area contributed by atoms with E-state index in [0.717, 1.165) is 34.7 Å². The number of unbranched alkanes of at least 4 members (excludes halogenated alkanes) is 1. The summed E-state index contributed by atoms with van der Waals surface area (Å²) >= 11 is 0. The number of nitrogens with zero attached hydrogens (tertiary/aromatic N) is 1. The topological polar surface area (TPSA) is 95.7 Å². The molecule has 0 unspecified atom stereocenters. The zero-order valence-electron chi connectivity index (χ0n) is 17.1. The highest BCUT2D eigenvalue weighted by molar-refractivity contribution is 6.07. The smallest absolute Gasteiger partial charge is 0.407 e. The van der Waals surface area contributed by atoms with E-state index in [-0.39, 0.29) is 5.91 Å². The maximum absolute atomic E-state index is 12.7. The molecule has 0 aromatic heterocycles. The lowest BCUT2D eigenvalue weighted by molar-refractivity contribution is 0.0952. The number of amides is 2. The summed E-state index contributed by atoms with van der Waals surface area (Å²) in [4.78, 5) is 25.5. The van der Waals surface area contributed by atoms with E-state index in [1.54, 1.807) is 12.1 Å². The van der Waals surface area contributed by atoms with Gasteiger partial charge in [-0.3, -0.25) is 4.79 Å². The summed E-state index contributed by atoms with van der Waals surface area (Å²) in [6.45, 7) is 3.32. The number of nitrogens with two attached hydrogens (primary N) is 1. The fraction of sp³-hybridized carbons (Fsp3) is 0.250. The van der Waals surface area contributed by atoms with Gasteiger partial charge in [-0.05, 0) is 46.5 Å². The SMILES string of the molecule is CCCCN(Cc1ccc(CNC(=O)c2cccc3cc(N)ccc23)cc1)C(=O)O. The van der Waals surface area contributed by atoms with Crippen molar-refractivity contribution >= 4 is 28.5 Å². The predicted molar refractivity (Wildman–Crippen MR) is 119 cm³/mol. The molecule has 0 aliphatic heterocycles. The number of fused-ring (bicyclic) bond motifs is 1. The van der Waals surface area contributed by atoms with Gasteiger partial charge in [-0.25, -0.2) is 4.79 Å². The standard InChI is InChI=1S/C24H27N3O3/c1-2-3-13-27(24(29)30)16-18-9-7-17(8-10-18)15-26-23(28)22-6-4-5-19-14-20(25)11-12-21(19)22/h4-12,14H,2-3,13,15-16,25H2,1H3,(H,26,28)(H,29,30). The van der Waals surface area contributed by atoms with Gasteiger partial charge in [0.2, 0.25) is 0 Å². The van der Waals surface area contributed by atoms with Crippen molar-refractivity contribution in [2.24, 2.45) is 0 Å². The maximum atomic E-state index is 12.7. The molecule has 0 fully saturated rings. The van der Waals surface area contributed by atoms with Crippen LogP contribution in [0.4, 0.5) is 10.5 Å². The van der Waals surface area contributed by atoms with Crippen LogP contribution in [-0.2, 0) is 13.1 Å². The highest BCUT2D eigenvalue weighted by Gasteiger charge is 2.12. The molecule has 4 N–H and O–H groups in total. The summed E-state index contributed by atoms with van der Waals surface area (Å²) in [5.74, 6) is -0.147. The monoisotopic (exact) mass is 405 g/mol. The minimum Gasteiger partial charge on any atom is -0.465 e. The summed E-state index contributed by atoms with van der Waals surface area (Å²) in [5, 5.41) is 14.1. The average Bonchev–Trinajstić information content (AvgIpc) is 2.75. The van der Waals surface area contributed by atoms with Crippen LogP contribution in [-0.4, -0.2) is 28.6 Å². The molecule has 0 spiro atoms. The Bertz CT molecular complexity index is 1030. The van der Waals surface area contributed by atoms with Crippen molar-refractivity contribution in [3.05, 3.63) is 77.4 Å². The number of anilines is 1. The number of hydrogen-bond donors (Lipinski definition) is 3. The van der Waals surface area contributed by atoms with E-state index in [1.807, 2.05) is 55.5 Å². The second kappa shape index (κ2) is 9.78. The van der Waals surface area contributed by atoms with Crippen molar-refractivity contribution in [3.8, 4) is 0 Å².